The first-order valence-electron chi connectivity index (χ1n) is 5.16. The lowest BCUT2D eigenvalue weighted by Crippen LogP contribution is -1.95. The van der Waals surface area contributed by atoms with Crippen LogP contribution in [-0.2, 0) is 0 Å². The molecule has 0 saturated heterocycles. The van der Waals surface area contributed by atoms with Gasteiger partial charge in [0.15, 0.2) is 0 Å². The minimum atomic E-state index is -4.00. The van der Waals surface area contributed by atoms with Crippen LogP contribution in [0.3, 0.4) is 0 Å². The van der Waals surface area contributed by atoms with Gasteiger partial charge in [0, 0.05) is 6.92 Å². The summed E-state index contributed by atoms with van der Waals surface area (Å²) in [4.78, 5) is 0. The van der Waals surface area contributed by atoms with Crippen LogP contribution in [0.2, 0.25) is 0 Å². The predicted octanol–water partition coefficient (Wildman–Crippen LogP) is 4.90. The maximum absolute atomic E-state index is 12.5. The smallest absolute Gasteiger partial charge is 0.386 e. The molecular weight excluding hydrogens is 253 g/mol. The molecule has 0 spiro atoms. The molecule has 0 atom stereocenters. The summed E-state index contributed by atoms with van der Waals surface area (Å²) in [6, 6.07) is 4.75. The lowest BCUT2D eigenvalue weighted by molar-refractivity contribution is -0.110. The fourth-order valence-corrected chi connectivity index (χ4v) is 0.632. The van der Waals surface area contributed by atoms with Crippen molar-refractivity contribution >= 4 is 5.69 Å². The van der Waals surface area contributed by atoms with E-state index in [4.69, 9.17) is 5.73 Å². The normalized spacial score (nSPS) is 8.78. The van der Waals surface area contributed by atoms with E-state index in [0.29, 0.717) is 7.18 Å². The number of aryl methyl sites for hydroxylation is 1. The summed E-state index contributed by atoms with van der Waals surface area (Å²) in [5.74, 6) is -0.338. The average Bonchev–Trinajstić information content (AvgIpc) is 2.27. The molecule has 0 heterocycles. The van der Waals surface area contributed by atoms with Gasteiger partial charge in [0.1, 0.15) is 5.82 Å². The molecule has 0 aromatic heterocycles. The Labute approximate surface area is 105 Å². The fraction of sp³-hybridized carbons (Fsp3) is 0.500. The molecule has 1 nitrogen and oxygen atoms in total. The summed E-state index contributed by atoms with van der Waals surface area (Å²) in [5.41, 5.74) is 6.31. The molecule has 0 aliphatic rings. The third-order valence-corrected chi connectivity index (χ3v) is 1.16. The molecule has 108 valence electrons. The molecule has 2 N–H and O–H groups in total. The van der Waals surface area contributed by atoms with Crippen LogP contribution in [0, 0.1) is 12.7 Å². The Morgan fingerprint density at radius 1 is 1.06 bits per heavy atom. The Morgan fingerprint density at radius 3 is 1.61 bits per heavy atom. The molecule has 0 unspecified atom stereocenters. The Bertz CT molecular complexity index is 291. The van der Waals surface area contributed by atoms with Gasteiger partial charge in [0.2, 0.25) is 0 Å². The zero-order valence-corrected chi connectivity index (χ0v) is 11.2. The van der Waals surface area contributed by atoms with Gasteiger partial charge in [-0.25, -0.2) is 4.39 Å². The molecule has 0 fully saturated rings. The highest BCUT2D eigenvalue weighted by atomic mass is 19.4. The van der Waals surface area contributed by atoms with Gasteiger partial charge in [0.25, 0.3) is 0 Å². The summed E-state index contributed by atoms with van der Waals surface area (Å²) in [5, 5.41) is 0. The molecule has 1 aromatic carbocycles. The summed E-state index contributed by atoms with van der Waals surface area (Å²) < 4.78 is 53.0. The van der Waals surface area contributed by atoms with Crippen molar-refractivity contribution in [2.75, 3.05) is 12.9 Å². The summed E-state index contributed by atoms with van der Waals surface area (Å²) in [6.07, 6.45) is -4.00. The summed E-state index contributed by atoms with van der Waals surface area (Å²) in [6.45, 7) is 6.01. The highest BCUT2D eigenvalue weighted by Crippen LogP contribution is 2.10. The van der Waals surface area contributed by atoms with Crippen molar-refractivity contribution in [1.82, 2.24) is 0 Å². The van der Waals surface area contributed by atoms with Gasteiger partial charge in [0.05, 0.1) is 12.9 Å². The van der Waals surface area contributed by atoms with Gasteiger partial charge in [-0.05, 0) is 24.6 Å². The zero-order valence-electron chi connectivity index (χ0n) is 11.2. The highest BCUT2D eigenvalue weighted by Gasteiger charge is 2.15. The SMILES string of the molecule is CC.CC(F)(F)F.CF.Cc1ccc(N)c(F)c1. The Kier molecular flexibility index (Phi) is 14.8. The van der Waals surface area contributed by atoms with E-state index in [1.54, 1.807) is 12.1 Å². The number of rotatable bonds is 0. The van der Waals surface area contributed by atoms with E-state index in [0.717, 1.165) is 5.56 Å². The van der Waals surface area contributed by atoms with Gasteiger partial charge < -0.3 is 5.73 Å². The minimum absolute atomic E-state index is 0.188. The van der Waals surface area contributed by atoms with E-state index < -0.39 is 6.18 Å². The molecule has 6 heteroatoms. The lowest BCUT2D eigenvalue weighted by Gasteiger charge is -1.94. The summed E-state index contributed by atoms with van der Waals surface area (Å²) >= 11 is 0. The molecule has 1 rings (SSSR count). The van der Waals surface area contributed by atoms with E-state index >= 15 is 0 Å². The van der Waals surface area contributed by atoms with Crippen LogP contribution in [0.25, 0.3) is 0 Å². The van der Waals surface area contributed by atoms with Crippen LogP contribution in [0.5, 0.6) is 0 Å². The number of hydrogen-bond acceptors (Lipinski definition) is 1. The van der Waals surface area contributed by atoms with Crippen molar-refractivity contribution in [3.8, 4) is 0 Å². The van der Waals surface area contributed by atoms with Gasteiger partial charge in [-0.1, -0.05) is 19.9 Å². The third-order valence-electron chi connectivity index (χ3n) is 1.16. The van der Waals surface area contributed by atoms with Crippen molar-refractivity contribution in [2.45, 2.75) is 33.9 Å². The second-order valence-corrected chi connectivity index (χ2v) is 2.81. The standard InChI is InChI=1S/C7H8FN.C2H3F3.C2H6.CH3F/c1-5-2-3-7(9)6(8)4-5;1-2(3,4)5;2*1-2/h2-4H,9H2,1H3;1H3;1-2H3;1H3. The Hall–Kier alpha value is -1.33. The maximum atomic E-state index is 12.5. The highest BCUT2D eigenvalue weighted by molar-refractivity contribution is 5.40. The third kappa shape index (κ3) is 20.1. The molecule has 0 bridgehead atoms. The van der Waals surface area contributed by atoms with E-state index in [9.17, 15) is 22.0 Å². The predicted molar refractivity (Wildman–Crippen MR) is 65.7 cm³/mol. The van der Waals surface area contributed by atoms with Crippen molar-refractivity contribution < 1.29 is 22.0 Å². The number of nitrogens with two attached hydrogens (primary N) is 1. The first-order valence-corrected chi connectivity index (χ1v) is 5.16. The van der Waals surface area contributed by atoms with Crippen molar-refractivity contribution in [1.29, 1.82) is 0 Å². The van der Waals surface area contributed by atoms with Crippen LogP contribution in [0.4, 0.5) is 27.6 Å². The largest absolute Gasteiger partial charge is 0.396 e. The van der Waals surface area contributed by atoms with E-state index in [1.807, 2.05) is 20.8 Å². The monoisotopic (exact) mass is 273 g/mol. The van der Waals surface area contributed by atoms with Crippen molar-refractivity contribution in [2.24, 2.45) is 0 Å². The molecule has 0 radical (unpaired) electrons. The summed E-state index contributed by atoms with van der Waals surface area (Å²) in [7, 11) is 0.500. The number of halogens is 5. The molecular formula is C12H20F5N. The number of nitrogen functional groups attached to an aromatic ring is 1. The Morgan fingerprint density at radius 2 is 1.39 bits per heavy atom. The molecule has 0 saturated carbocycles. The zero-order chi connectivity index (χ0) is 15.4. The number of alkyl halides is 4. The van der Waals surface area contributed by atoms with Crippen LogP contribution in [-0.4, -0.2) is 13.4 Å². The van der Waals surface area contributed by atoms with Crippen molar-refractivity contribution in [3.63, 3.8) is 0 Å². The molecule has 0 amide bonds. The molecule has 18 heavy (non-hydrogen) atoms. The maximum Gasteiger partial charge on any atom is 0.386 e. The van der Waals surface area contributed by atoms with Crippen molar-refractivity contribution in [3.05, 3.63) is 29.6 Å². The van der Waals surface area contributed by atoms with Gasteiger partial charge in [-0.3, -0.25) is 4.39 Å². The van der Waals surface area contributed by atoms with Crippen LogP contribution >= 0.6 is 0 Å². The molecule has 0 aliphatic carbocycles. The van der Waals surface area contributed by atoms with Gasteiger partial charge in [-0.2, -0.15) is 13.2 Å². The lowest BCUT2D eigenvalue weighted by atomic mass is 10.2. The Balaban J connectivity index is -0.000000215. The average molecular weight is 273 g/mol. The van der Waals surface area contributed by atoms with Crippen LogP contribution in [0.15, 0.2) is 18.2 Å². The second-order valence-electron chi connectivity index (χ2n) is 2.81. The number of hydrogen-bond donors (Lipinski definition) is 1. The van der Waals surface area contributed by atoms with Gasteiger partial charge >= 0.3 is 6.18 Å². The van der Waals surface area contributed by atoms with Crippen LogP contribution < -0.4 is 5.73 Å². The topological polar surface area (TPSA) is 26.0 Å². The number of anilines is 1. The number of benzene rings is 1. The first-order chi connectivity index (χ1) is 8.20. The van der Waals surface area contributed by atoms with Gasteiger partial charge in [-0.15, -0.1) is 0 Å². The van der Waals surface area contributed by atoms with E-state index in [2.05, 4.69) is 0 Å². The molecule has 1 aromatic rings. The second kappa shape index (κ2) is 12.1. The quantitative estimate of drug-likeness (QED) is 0.528. The van der Waals surface area contributed by atoms with E-state index in [-0.39, 0.29) is 18.4 Å². The molecule has 0 aliphatic heterocycles. The van der Waals surface area contributed by atoms with E-state index in [1.165, 1.54) is 6.07 Å². The first kappa shape index (κ1) is 21.9. The van der Waals surface area contributed by atoms with Crippen LogP contribution in [0.1, 0.15) is 26.3 Å². The fourth-order valence-electron chi connectivity index (χ4n) is 0.632. The minimum Gasteiger partial charge on any atom is -0.396 e.